The molecule has 0 fully saturated rings. The summed E-state index contributed by atoms with van der Waals surface area (Å²) in [4.78, 5) is 11.9. The van der Waals surface area contributed by atoms with E-state index in [4.69, 9.17) is 9.26 Å². The normalized spacial score (nSPS) is 10.6. The topological polar surface area (TPSA) is 83.0 Å². The average molecular weight is 298 g/mol. The van der Waals surface area contributed by atoms with Crippen LogP contribution >= 0.6 is 0 Å². The highest BCUT2D eigenvalue weighted by Crippen LogP contribution is 2.06. The molecular weight excluding hydrogens is 284 g/mol. The summed E-state index contributed by atoms with van der Waals surface area (Å²) in [6.45, 7) is 2.36. The quantitative estimate of drug-likeness (QED) is 0.670. The minimum absolute atomic E-state index is 0.0434. The Morgan fingerprint density at radius 2 is 2.14 bits per heavy atom. The summed E-state index contributed by atoms with van der Waals surface area (Å²) >= 11 is 0. The third-order valence-electron chi connectivity index (χ3n) is 2.96. The van der Waals surface area contributed by atoms with Crippen molar-refractivity contribution < 1.29 is 14.1 Å². The first-order chi connectivity index (χ1) is 10.7. The molecule has 22 heavy (non-hydrogen) atoms. The SMILES string of the molecule is Cc1cc(COC(=O)c2cn(Cc3ccccc3)nn2)no1. The summed E-state index contributed by atoms with van der Waals surface area (Å²) in [6, 6.07) is 11.5. The number of nitrogens with zero attached hydrogens (tertiary/aromatic N) is 4. The molecule has 0 amide bonds. The van der Waals surface area contributed by atoms with Crippen molar-refractivity contribution in [1.82, 2.24) is 20.2 Å². The Labute approximate surface area is 126 Å². The fourth-order valence-electron chi connectivity index (χ4n) is 1.94. The molecule has 1 aromatic carbocycles. The maximum Gasteiger partial charge on any atom is 0.360 e. The molecule has 112 valence electrons. The second-order valence-corrected chi connectivity index (χ2v) is 4.79. The second-order valence-electron chi connectivity index (χ2n) is 4.79. The fourth-order valence-corrected chi connectivity index (χ4v) is 1.94. The van der Waals surface area contributed by atoms with Gasteiger partial charge in [0.25, 0.3) is 0 Å². The van der Waals surface area contributed by atoms with Gasteiger partial charge in [0.05, 0.1) is 12.7 Å². The maximum absolute atomic E-state index is 11.9. The lowest BCUT2D eigenvalue weighted by Crippen LogP contribution is -2.06. The Kier molecular flexibility index (Phi) is 3.95. The minimum atomic E-state index is -0.542. The van der Waals surface area contributed by atoms with Crippen LogP contribution in [0.3, 0.4) is 0 Å². The van der Waals surface area contributed by atoms with Gasteiger partial charge >= 0.3 is 5.97 Å². The van der Waals surface area contributed by atoms with Gasteiger partial charge in [-0.15, -0.1) is 5.10 Å². The van der Waals surface area contributed by atoms with Crippen molar-refractivity contribution in [3.8, 4) is 0 Å². The third-order valence-corrected chi connectivity index (χ3v) is 2.96. The number of carbonyl (C=O) groups is 1. The average Bonchev–Trinajstić information content (AvgIpc) is 3.15. The van der Waals surface area contributed by atoms with Crippen molar-refractivity contribution in [1.29, 1.82) is 0 Å². The highest BCUT2D eigenvalue weighted by atomic mass is 16.5. The van der Waals surface area contributed by atoms with Crippen molar-refractivity contribution in [3.63, 3.8) is 0 Å². The van der Waals surface area contributed by atoms with Gasteiger partial charge in [0, 0.05) is 6.07 Å². The lowest BCUT2D eigenvalue weighted by molar-refractivity contribution is 0.0457. The summed E-state index contributed by atoms with van der Waals surface area (Å²) in [7, 11) is 0. The molecule has 0 saturated heterocycles. The van der Waals surface area contributed by atoms with Crippen molar-refractivity contribution in [2.75, 3.05) is 0 Å². The first kappa shape index (κ1) is 14.0. The van der Waals surface area contributed by atoms with E-state index >= 15 is 0 Å². The summed E-state index contributed by atoms with van der Waals surface area (Å²) in [5.74, 6) is 0.125. The Morgan fingerprint density at radius 3 is 2.86 bits per heavy atom. The molecular formula is C15H14N4O3. The predicted octanol–water partition coefficient (Wildman–Crippen LogP) is 1.98. The van der Waals surface area contributed by atoms with E-state index in [-0.39, 0.29) is 12.3 Å². The molecule has 0 saturated carbocycles. The third kappa shape index (κ3) is 3.38. The molecule has 0 aliphatic heterocycles. The highest BCUT2D eigenvalue weighted by Gasteiger charge is 2.13. The molecule has 0 N–H and O–H groups in total. The fraction of sp³-hybridized carbons (Fsp3) is 0.200. The maximum atomic E-state index is 11.9. The van der Waals surface area contributed by atoms with Gasteiger partial charge in [-0.1, -0.05) is 40.7 Å². The zero-order valence-electron chi connectivity index (χ0n) is 12.0. The van der Waals surface area contributed by atoms with Crippen LogP contribution in [0.5, 0.6) is 0 Å². The van der Waals surface area contributed by atoms with Crippen molar-refractivity contribution in [3.05, 3.63) is 65.3 Å². The Hall–Kier alpha value is -2.96. The minimum Gasteiger partial charge on any atom is -0.454 e. The van der Waals surface area contributed by atoms with Gasteiger partial charge in [-0.05, 0) is 12.5 Å². The standard InChI is InChI=1S/C15H14N4O3/c1-11-7-13(17-22-11)10-21-15(20)14-9-19(18-16-14)8-12-5-3-2-4-6-12/h2-7,9H,8,10H2,1H3. The largest absolute Gasteiger partial charge is 0.454 e. The van der Waals surface area contributed by atoms with Crippen LogP contribution in [0, 0.1) is 6.92 Å². The summed E-state index contributed by atoms with van der Waals surface area (Å²) in [5.41, 5.74) is 1.80. The number of esters is 1. The van der Waals surface area contributed by atoms with Gasteiger partial charge < -0.3 is 9.26 Å². The lowest BCUT2D eigenvalue weighted by Gasteiger charge is -2.00. The zero-order valence-corrected chi connectivity index (χ0v) is 12.0. The van der Waals surface area contributed by atoms with Gasteiger partial charge in [-0.3, -0.25) is 0 Å². The van der Waals surface area contributed by atoms with Gasteiger partial charge in [-0.25, -0.2) is 9.48 Å². The first-order valence-corrected chi connectivity index (χ1v) is 6.74. The molecule has 0 radical (unpaired) electrons. The molecule has 3 aromatic rings. The van der Waals surface area contributed by atoms with Gasteiger partial charge in [0.2, 0.25) is 0 Å². The molecule has 2 heterocycles. The molecule has 0 atom stereocenters. The van der Waals surface area contributed by atoms with E-state index in [1.54, 1.807) is 23.9 Å². The van der Waals surface area contributed by atoms with E-state index in [9.17, 15) is 4.79 Å². The van der Waals surface area contributed by atoms with Crippen LogP contribution < -0.4 is 0 Å². The Morgan fingerprint density at radius 1 is 1.32 bits per heavy atom. The van der Waals surface area contributed by atoms with Crippen LogP contribution in [-0.4, -0.2) is 26.1 Å². The van der Waals surface area contributed by atoms with Crippen molar-refractivity contribution in [2.24, 2.45) is 0 Å². The van der Waals surface area contributed by atoms with E-state index in [1.807, 2.05) is 30.3 Å². The van der Waals surface area contributed by atoms with Gasteiger partial charge in [-0.2, -0.15) is 0 Å². The van der Waals surface area contributed by atoms with Crippen molar-refractivity contribution in [2.45, 2.75) is 20.1 Å². The predicted molar refractivity (Wildman–Crippen MR) is 75.9 cm³/mol. The van der Waals surface area contributed by atoms with Crippen LogP contribution in [0.15, 0.2) is 47.1 Å². The molecule has 0 aliphatic rings. The molecule has 0 spiro atoms. The number of benzene rings is 1. The first-order valence-electron chi connectivity index (χ1n) is 6.74. The monoisotopic (exact) mass is 298 g/mol. The molecule has 7 nitrogen and oxygen atoms in total. The molecule has 2 aromatic heterocycles. The summed E-state index contributed by atoms with van der Waals surface area (Å²) in [6.07, 6.45) is 1.56. The van der Waals surface area contributed by atoms with Gasteiger partial charge in [0.15, 0.2) is 5.69 Å². The highest BCUT2D eigenvalue weighted by molar-refractivity contribution is 5.86. The Balaban J connectivity index is 1.59. The van der Waals surface area contributed by atoms with Crippen LogP contribution in [-0.2, 0) is 17.9 Å². The number of hydrogen-bond donors (Lipinski definition) is 0. The van der Waals surface area contributed by atoms with E-state index < -0.39 is 5.97 Å². The summed E-state index contributed by atoms with van der Waals surface area (Å²) in [5, 5.41) is 11.5. The van der Waals surface area contributed by atoms with Gasteiger partial charge in [0.1, 0.15) is 18.1 Å². The van der Waals surface area contributed by atoms with E-state index in [2.05, 4.69) is 15.5 Å². The molecule has 0 aliphatic carbocycles. The number of aromatic nitrogens is 4. The molecule has 7 heteroatoms. The Bertz CT molecular complexity index is 764. The number of rotatable bonds is 5. The zero-order chi connectivity index (χ0) is 15.4. The smallest absolute Gasteiger partial charge is 0.360 e. The van der Waals surface area contributed by atoms with Crippen LogP contribution in [0.2, 0.25) is 0 Å². The van der Waals surface area contributed by atoms with E-state index in [0.717, 1.165) is 5.56 Å². The molecule has 3 rings (SSSR count). The van der Waals surface area contributed by atoms with Crippen molar-refractivity contribution >= 4 is 5.97 Å². The number of carbonyl (C=O) groups excluding carboxylic acids is 1. The molecule has 0 unspecified atom stereocenters. The molecule has 0 bridgehead atoms. The van der Waals surface area contributed by atoms with Crippen LogP contribution in [0.1, 0.15) is 27.5 Å². The van der Waals surface area contributed by atoms with Crippen LogP contribution in [0.25, 0.3) is 0 Å². The number of aryl methyl sites for hydroxylation is 1. The van der Waals surface area contributed by atoms with Crippen LogP contribution in [0.4, 0.5) is 0 Å². The number of hydrogen-bond acceptors (Lipinski definition) is 6. The van der Waals surface area contributed by atoms with E-state index in [0.29, 0.717) is 18.0 Å². The number of ether oxygens (including phenoxy) is 1. The lowest BCUT2D eigenvalue weighted by atomic mass is 10.2. The summed E-state index contributed by atoms with van der Waals surface area (Å²) < 4.78 is 11.6. The second kappa shape index (κ2) is 6.21. The van der Waals surface area contributed by atoms with E-state index in [1.165, 1.54) is 0 Å².